The maximum Gasteiger partial charge on any atom is 0.264 e. The van der Waals surface area contributed by atoms with Crippen molar-refractivity contribution in [1.29, 1.82) is 0 Å². The monoisotopic (exact) mass is 314 g/mol. The van der Waals surface area contributed by atoms with E-state index in [-0.39, 0.29) is 30.7 Å². The number of carbonyl (C=O) groups excluding carboxylic acids is 2. The molecule has 2 aromatic carbocycles. The zero-order chi connectivity index (χ0) is 16.4. The Balaban J connectivity index is 1.79. The third-order valence-electron chi connectivity index (χ3n) is 3.61. The molecule has 1 N–H and O–H groups in total. The number of ether oxygens (including phenoxy) is 1. The molecule has 2 aromatic rings. The molecule has 0 radical (unpaired) electrons. The largest absolute Gasteiger partial charge is 0.481 e. The smallest absolute Gasteiger partial charge is 0.264 e. The second-order valence-electron chi connectivity index (χ2n) is 5.25. The Morgan fingerprint density at radius 2 is 2.00 bits per heavy atom. The summed E-state index contributed by atoms with van der Waals surface area (Å²) in [6.45, 7) is -0.0174. The fourth-order valence-electron chi connectivity index (χ4n) is 2.43. The van der Waals surface area contributed by atoms with Crippen LogP contribution in [0.1, 0.15) is 5.56 Å². The lowest BCUT2D eigenvalue weighted by molar-refractivity contribution is -0.121. The van der Waals surface area contributed by atoms with Crippen molar-refractivity contribution in [2.75, 3.05) is 23.9 Å². The van der Waals surface area contributed by atoms with Gasteiger partial charge in [-0.15, -0.1) is 0 Å². The summed E-state index contributed by atoms with van der Waals surface area (Å²) < 4.78 is 18.3. The van der Waals surface area contributed by atoms with E-state index in [9.17, 15) is 14.0 Å². The minimum atomic E-state index is -0.344. The van der Waals surface area contributed by atoms with Crippen molar-refractivity contribution < 1.29 is 18.7 Å². The summed E-state index contributed by atoms with van der Waals surface area (Å²) in [6, 6.07) is 11.0. The summed E-state index contributed by atoms with van der Waals surface area (Å²) in [4.78, 5) is 25.4. The quantitative estimate of drug-likeness (QED) is 0.946. The molecule has 6 heteroatoms. The van der Waals surface area contributed by atoms with Crippen LogP contribution in [0.25, 0.3) is 0 Å². The SMILES string of the molecule is CN1C(=O)COc2cccc(NC(=O)Cc3ccc(F)cc3)c21. The van der Waals surface area contributed by atoms with Crippen molar-refractivity contribution in [3.63, 3.8) is 0 Å². The predicted octanol–water partition coefficient (Wildman–Crippen LogP) is 2.36. The highest BCUT2D eigenvalue weighted by molar-refractivity contribution is 6.04. The van der Waals surface area contributed by atoms with Crippen LogP contribution in [0.5, 0.6) is 5.75 Å². The molecular formula is C17H15FN2O3. The number of amides is 2. The van der Waals surface area contributed by atoms with E-state index in [1.54, 1.807) is 37.4 Å². The molecule has 118 valence electrons. The molecule has 1 aliphatic heterocycles. The van der Waals surface area contributed by atoms with E-state index < -0.39 is 0 Å². The van der Waals surface area contributed by atoms with E-state index in [1.807, 2.05) is 0 Å². The van der Waals surface area contributed by atoms with Crippen molar-refractivity contribution in [1.82, 2.24) is 0 Å². The Bertz CT molecular complexity index is 759. The van der Waals surface area contributed by atoms with Gasteiger partial charge >= 0.3 is 0 Å². The van der Waals surface area contributed by atoms with Crippen LogP contribution in [-0.2, 0) is 16.0 Å². The molecule has 0 fully saturated rings. The number of rotatable bonds is 3. The number of nitrogens with one attached hydrogen (secondary N) is 1. The van der Waals surface area contributed by atoms with Gasteiger partial charge in [0, 0.05) is 7.05 Å². The van der Waals surface area contributed by atoms with Crippen molar-refractivity contribution >= 4 is 23.2 Å². The minimum absolute atomic E-state index is 0.0174. The van der Waals surface area contributed by atoms with Crippen LogP contribution in [0.15, 0.2) is 42.5 Å². The molecule has 0 aromatic heterocycles. The number of carbonyl (C=O) groups is 2. The lowest BCUT2D eigenvalue weighted by Crippen LogP contribution is -2.36. The molecule has 23 heavy (non-hydrogen) atoms. The molecule has 0 saturated heterocycles. The molecule has 1 heterocycles. The molecule has 2 amide bonds. The number of anilines is 2. The summed E-state index contributed by atoms with van der Waals surface area (Å²) in [5, 5.41) is 2.78. The van der Waals surface area contributed by atoms with Gasteiger partial charge in [0.25, 0.3) is 5.91 Å². The number of benzene rings is 2. The molecule has 0 saturated carbocycles. The Hall–Kier alpha value is -2.89. The first-order chi connectivity index (χ1) is 11.0. The molecule has 5 nitrogen and oxygen atoms in total. The van der Waals surface area contributed by atoms with Crippen molar-refractivity contribution in [2.45, 2.75) is 6.42 Å². The fourth-order valence-corrected chi connectivity index (χ4v) is 2.43. The fraction of sp³-hybridized carbons (Fsp3) is 0.176. The zero-order valence-electron chi connectivity index (χ0n) is 12.5. The molecule has 0 unspecified atom stereocenters. The normalized spacial score (nSPS) is 13.3. The van der Waals surface area contributed by atoms with Gasteiger partial charge in [0.1, 0.15) is 17.3 Å². The maximum absolute atomic E-state index is 12.9. The van der Waals surface area contributed by atoms with E-state index >= 15 is 0 Å². The Kier molecular flexibility index (Phi) is 3.97. The second kappa shape index (κ2) is 6.08. The summed E-state index contributed by atoms with van der Waals surface area (Å²) in [5.41, 5.74) is 1.75. The van der Waals surface area contributed by atoms with Gasteiger partial charge in [-0.1, -0.05) is 18.2 Å². The van der Waals surface area contributed by atoms with Gasteiger partial charge in [-0.2, -0.15) is 0 Å². The highest BCUT2D eigenvalue weighted by Gasteiger charge is 2.25. The van der Waals surface area contributed by atoms with Gasteiger partial charge < -0.3 is 15.0 Å². The molecule has 0 atom stereocenters. The Labute approximate surface area is 132 Å². The van der Waals surface area contributed by atoms with Crippen molar-refractivity contribution in [2.24, 2.45) is 0 Å². The van der Waals surface area contributed by atoms with E-state index in [0.29, 0.717) is 22.7 Å². The summed E-state index contributed by atoms with van der Waals surface area (Å²) in [6.07, 6.45) is 0.114. The number of hydrogen-bond donors (Lipinski definition) is 1. The first kappa shape index (κ1) is 15.0. The molecule has 0 spiro atoms. The lowest BCUT2D eigenvalue weighted by atomic mass is 10.1. The van der Waals surface area contributed by atoms with Crippen LogP contribution in [0.2, 0.25) is 0 Å². The van der Waals surface area contributed by atoms with E-state index in [4.69, 9.17) is 4.74 Å². The van der Waals surface area contributed by atoms with Gasteiger partial charge in [0.05, 0.1) is 12.1 Å². The molecular weight excluding hydrogens is 299 g/mol. The molecule has 0 aliphatic carbocycles. The van der Waals surface area contributed by atoms with Crippen LogP contribution in [0, 0.1) is 5.82 Å². The Morgan fingerprint density at radius 3 is 2.74 bits per heavy atom. The number of likely N-dealkylation sites (N-methyl/N-ethyl adjacent to an activating group) is 1. The molecule has 1 aliphatic rings. The second-order valence-corrected chi connectivity index (χ2v) is 5.25. The summed E-state index contributed by atoms with van der Waals surface area (Å²) >= 11 is 0. The topological polar surface area (TPSA) is 58.6 Å². The highest BCUT2D eigenvalue weighted by Crippen LogP contribution is 2.37. The van der Waals surface area contributed by atoms with E-state index in [2.05, 4.69) is 5.32 Å². The van der Waals surface area contributed by atoms with Crippen LogP contribution in [0.3, 0.4) is 0 Å². The van der Waals surface area contributed by atoms with Gasteiger partial charge in [-0.25, -0.2) is 4.39 Å². The van der Waals surface area contributed by atoms with Gasteiger partial charge in [0.15, 0.2) is 6.61 Å². The number of halogens is 1. The number of fused-ring (bicyclic) bond motifs is 1. The highest BCUT2D eigenvalue weighted by atomic mass is 19.1. The van der Waals surface area contributed by atoms with Crippen molar-refractivity contribution in [3.8, 4) is 5.75 Å². The van der Waals surface area contributed by atoms with Crippen LogP contribution in [0.4, 0.5) is 15.8 Å². The first-order valence-electron chi connectivity index (χ1n) is 7.11. The standard InChI is InChI=1S/C17H15FN2O3/c1-20-16(22)10-23-14-4-2-3-13(17(14)20)19-15(21)9-11-5-7-12(18)8-6-11/h2-8H,9-10H2,1H3,(H,19,21). The molecule has 0 bridgehead atoms. The van der Waals surface area contributed by atoms with E-state index in [0.717, 1.165) is 0 Å². The summed E-state index contributed by atoms with van der Waals surface area (Å²) in [7, 11) is 1.64. The molecule has 3 rings (SSSR count). The lowest BCUT2D eigenvalue weighted by Gasteiger charge is -2.28. The van der Waals surface area contributed by atoms with Crippen LogP contribution < -0.4 is 15.0 Å². The zero-order valence-corrected chi connectivity index (χ0v) is 12.5. The third kappa shape index (κ3) is 3.15. The number of hydrogen-bond acceptors (Lipinski definition) is 3. The average molecular weight is 314 g/mol. The average Bonchev–Trinajstić information content (AvgIpc) is 2.53. The predicted molar refractivity (Wildman–Crippen MR) is 84.1 cm³/mol. The van der Waals surface area contributed by atoms with Gasteiger partial charge in [-0.05, 0) is 29.8 Å². The minimum Gasteiger partial charge on any atom is -0.481 e. The van der Waals surface area contributed by atoms with Gasteiger partial charge in [-0.3, -0.25) is 9.59 Å². The van der Waals surface area contributed by atoms with Crippen LogP contribution >= 0.6 is 0 Å². The summed E-state index contributed by atoms with van der Waals surface area (Å²) in [5.74, 6) is -0.232. The van der Waals surface area contributed by atoms with Gasteiger partial charge in [0.2, 0.25) is 5.91 Å². The van der Waals surface area contributed by atoms with Crippen LogP contribution in [-0.4, -0.2) is 25.5 Å². The Morgan fingerprint density at radius 1 is 1.26 bits per heavy atom. The third-order valence-corrected chi connectivity index (χ3v) is 3.61. The number of para-hydroxylation sites is 1. The first-order valence-corrected chi connectivity index (χ1v) is 7.11. The number of nitrogens with zero attached hydrogens (tertiary/aromatic N) is 1. The maximum atomic E-state index is 12.9. The van der Waals surface area contributed by atoms with E-state index in [1.165, 1.54) is 17.0 Å². The van der Waals surface area contributed by atoms with Crippen molar-refractivity contribution in [3.05, 3.63) is 53.8 Å².